The summed E-state index contributed by atoms with van der Waals surface area (Å²) in [5.41, 5.74) is -0.261. The zero-order valence-corrected chi connectivity index (χ0v) is 19.3. The molecule has 4 bridgehead atoms. The quantitative estimate of drug-likeness (QED) is 0.590. The number of carbonyl (C=O) groups is 2. The minimum Gasteiger partial charge on any atom is -0.457 e. The molecular weight excluding hydrogens is 463 g/mol. The Labute approximate surface area is 200 Å². The van der Waals surface area contributed by atoms with Gasteiger partial charge in [0.25, 0.3) is 5.82 Å². The molecule has 4 aliphatic carbocycles. The second-order valence-electron chi connectivity index (χ2n) is 11.0. The van der Waals surface area contributed by atoms with Gasteiger partial charge < -0.3 is 9.64 Å². The second kappa shape index (κ2) is 8.16. The fourth-order valence-corrected chi connectivity index (χ4v) is 7.33. The van der Waals surface area contributed by atoms with Crippen molar-refractivity contribution in [3.63, 3.8) is 0 Å². The van der Waals surface area contributed by atoms with Crippen LogP contribution in [-0.2, 0) is 20.5 Å². The number of ether oxygens (including phenoxy) is 1. The topological polar surface area (TPSA) is 89.7 Å². The summed E-state index contributed by atoms with van der Waals surface area (Å²) < 4.78 is 45.7. The number of Topliss-reactive ketones (excluding diaryl/α,β-unsaturated/α-hetero) is 1. The summed E-state index contributed by atoms with van der Waals surface area (Å²) in [4.78, 5) is 27.7. The van der Waals surface area contributed by atoms with Crippen LogP contribution in [0.5, 0.6) is 0 Å². The van der Waals surface area contributed by atoms with E-state index in [4.69, 9.17) is 4.74 Å². The molecule has 0 radical (unpaired) electrons. The molecule has 4 saturated carbocycles. The van der Waals surface area contributed by atoms with E-state index in [1.165, 1.54) is 25.3 Å². The number of hydrogen-bond donors (Lipinski definition) is 0. The Morgan fingerprint density at radius 1 is 1.00 bits per heavy atom. The molecule has 1 saturated heterocycles. The average molecular weight is 492 g/mol. The molecule has 2 aromatic rings. The third-order valence-electron chi connectivity index (χ3n) is 8.63. The highest BCUT2D eigenvalue weighted by Crippen LogP contribution is 2.60. The molecule has 5 aliphatic rings. The van der Waals surface area contributed by atoms with Crippen LogP contribution in [0.4, 0.5) is 19.0 Å². The Morgan fingerprint density at radius 3 is 2.23 bits per heavy atom. The highest BCUT2D eigenvalue weighted by Gasteiger charge is 2.54. The van der Waals surface area contributed by atoms with Gasteiger partial charge in [-0.2, -0.15) is 17.7 Å². The Kier molecular flexibility index (Phi) is 5.30. The summed E-state index contributed by atoms with van der Waals surface area (Å²) in [7, 11) is 0. The molecule has 8 nitrogen and oxygen atoms in total. The van der Waals surface area contributed by atoms with E-state index in [0.29, 0.717) is 54.0 Å². The monoisotopic (exact) mass is 491 g/mol. The first-order chi connectivity index (χ1) is 16.7. The lowest BCUT2D eigenvalue weighted by Gasteiger charge is -2.55. The molecule has 1 aliphatic heterocycles. The zero-order valence-electron chi connectivity index (χ0n) is 19.3. The van der Waals surface area contributed by atoms with Crippen molar-refractivity contribution < 1.29 is 27.5 Å². The van der Waals surface area contributed by atoms with Gasteiger partial charge >= 0.3 is 12.1 Å². The standard InChI is InChI=1S/C24H28F3N5O3/c25-24(26,27)22-29-28-19-1-2-20(30-32(19)22)31-5-3-17(4-6-31)21(34)35-13-18(33)23-10-14-7-15(11-23)9-16(8-14)12-23/h1-2,14-17H,3-13H2. The van der Waals surface area contributed by atoms with Crippen molar-refractivity contribution in [2.24, 2.45) is 29.1 Å². The van der Waals surface area contributed by atoms with Gasteiger partial charge in [0.1, 0.15) is 5.82 Å². The van der Waals surface area contributed by atoms with Gasteiger partial charge in [0.05, 0.1) is 5.92 Å². The zero-order chi connectivity index (χ0) is 24.4. The lowest BCUT2D eigenvalue weighted by atomic mass is 9.48. The van der Waals surface area contributed by atoms with Crippen molar-refractivity contribution in [2.75, 3.05) is 24.6 Å². The van der Waals surface area contributed by atoms with Gasteiger partial charge in [-0.1, -0.05) is 0 Å². The first-order valence-corrected chi connectivity index (χ1v) is 12.4. The Hall–Kier alpha value is -2.72. The molecule has 2 aromatic heterocycles. The molecule has 0 aromatic carbocycles. The number of nitrogens with zero attached hydrogens (tertiary/aromatic N) is 5. The number of piperidine rings is 1. The largest absolute Gasteiger partial charge is 0.457 e. The number of hydrogen-bond acceptors (Lipinski definition) is 7. The number of carbonyl (C=O) groups excluding carboxylic acids is 2. The maximum Gasteiger partial charge on any atom is 0.453 e. The predicted octanol–water partition coefficient (Wildman–Crippen LogP) is 3.69. The van der Waals surface area contributed by atoms with Gasteiger partial charge in [0, 0.05) is 18.5 Å². The van der Waals surface area contributed by atoms with Crippen molar-refractivity contribution in [3.8, 4) is 0 Å². The number of ketones is 1. The molecule has 0 spiro atoms. The molecular formula is C24H28F3N5O3. The number of halogens is 3. The molecule has 188 valence electrons. The fraction of sp³-hybridized carbons (Fsp3) is 0.708. The van der Waals surface area contributed by atoms with Crippen LogP contribution in [0.3, 0.4) is 0 Å². The van der Waals surface area contributed by atoms with Crippen LogP contribution in [0.1, 0.15) is 57.2 Å². The molecule has 0 atom stereocenters. The minimum atomic E-state index is -4.66. The van der Waals surface area contributed by atoms with E-state index >= 15 is 0 Å². The van der Waals surface area contributed by atoms with Gasteiger partial charge in [-0.25, -0.2) is 0 Å². The van der Waals surface area contributed by atoms with E-state index in [1.54, 1.807) is 6.07 Å². The van der Waals surface area contributed by atoms with Gasteiger partial charge in [-0.05, 0) is 81.3 Å². The van der Waals surface area contributed by atoms with E-state index in [9.17, 15) is 22.8 Å². The highest BCUT2D eigenvalue weighted by atomic mass is 19.4. The molecule has 0 unspecified atom stereocenters. The number of fused-ring (bicyclic) bond motifs is 1. The maximum atomic E-state index is 13.2. The molecule has 0 amide bonds. The van der Waals surface area contributed by atoms with E-state index in [-0.39, 0.29) is 35.3 Å². The van der Waals surface area contributed by atoms with Gasteiger partial charge in [0.2, 0.25) is 0 Å². The van der Waals surface area contributed by atoms with Crippen molar-refractivity contribution >= 4 is 23.2 Å². The molecule has 7 rings (SSSR count). The third kappa shape index (κ3) is 4.06. The van der Waals surface area contributed by atoms with Crippen LogP contribution in [0, 0.1) is 29.1 Å². The van der Waals surface area contributed by atoms with Crippen LogP contribution in [0.2, 0.25) is 0 Å². The van der Waals surface area contributed by atoms with Crippen LogP contribution >= 0.6 is 0 Å². The minimum absolute atomic E-state index is 0.0169. The van der Waals surface area contributed by atoms with Crippen LogP contribution in [-0.4, -0.2) is 51.3 Å². The van der Waals surface area contributed by atoms with E-state index in [0.717, 1.165) is 19.3 Å². The highest BCUT2D eigenvalue weighted by molar-refractivity contribution is 5.88. The molecule has 35 heavy (non-hydrogen) atoms. The van der Waals surface area contributed by atoms with E-state index in [1.807, 2.05) is 4.90 Å². The smallest absolute Gasteiger partial charge is 0.453 e. The SMILES string of the molecule is O=C(OCC(=O)C12CC3CC(CC(C3)C1)C2)C1CCN(c2ccc3nnc(C(F)(F)F)n3n2)CC1. The third-order valence-corrected chi connectivity index (χ3v) is 8.63. The van der Waals surface area contributed by atoms with Crippen LogP contribution in [0.15, 0.2) is 12.1 Å². The van der Waals surface area contributed by atoms with E-state index < -0.39 is 12.0 Å². The Bertz CT molecular complexity index is 1120. The number of rotatable bonds is 5. The number of alkyl halides is 3. The normalized spacial score (nSPS) is 30.7. The number of esters is 1. The molecule has 11 heteroatoms. The van der Waals surface area contributed by atoms with Crippen molar-refractivity contribution in [1.82, 2.24) is 19.8 Å². The van der Waals surface area contributed by atoms with Crippen molar-refractivity contribution in [1.29, 1.82) is 0 Å². The van der Waals surface area contributed by atoms with Crippen molar-refractivity contribution in [2.45, 2.75) is 57.5 Å². The van der Waals surface area contributed by atoms with Crippen molar-refractivity contribution in [3.05, 3.63) is 18.0 Å². The molecule has 5 fully saturated rings. The predicted molar refractivity (Wildman–Crippen MR) is 117 cm³/mol. The summed E-state index contributed by atoms with van der Waals surface area (Å²) in [5, 5.41) is 10.8. The van der Waals surface area contributed by atoms with Crippen LogP contribution in [0.25, 0.3) is 5.65 Å². The Morgan fingerprint density at radius 2 is 1.63 bits per heavy atom. The lowest BCUT2D eigenvalue weighted by Crippen LogP contribution is -2.51. The first kappa shape index (κ1) is 22.7. The first-order valence-electron chi connectivity index (χ1n) is 12.4. The summed E-state index contributed by atoms with van der Waals surface area (Å²) in [6.45, 7) is 0.757. The average Bonchev–Trinajstić information content (AvgIpc) is 3.25. The van der Waals surface area contributed by atoms with Crippen LogP contribution < -0.4 is 4.90 Å². The molecule has 3 heterocycles. The summed E-state index contributed by atoms with van der Waals surface area (Å²) >= 11 is 0. The van der Waals surface area contributed by atoms with Gasteiger partial charge in [-0.15, -0.1) is 15.3 Å². The summed E-state index contributed by atoms with van der Waals surface area (Å²) in [6.07, 6.45) is 2.92. The second-order valence-corrected chi connectivity index (χ2v) is 11.0. The van der Waals surface area contributed by atoms with E-state index in [2.05, 4.69) is 15.3 Å². The maximum absolute atomic E-state index is 13.2. The molecule has 0 N–H and O–H groups in total. The van der Waals surface area contributed by atoms with Gasteiger partial charge in [0.15, 0.2) is 18.0 Å². The lowest BCUT2D eigenvalue weighted by molar-refractivity contribution is -0.160. The number of anilines is 1. The number of aromatic nitrogens is 4. The van der Waals surface area contributed by atoms with Gasteiger partial charge in [-0.3, -0.25) is 9.59 Å². The Balaban J connectivity index is 1.04. The fourth-order valence-electron chi connectivity index (χ4n) is 7.33. The summed E-state index contributed by atoms with van der Waals surface area (Å²) in [6, 6.07) is 3.05. The summed E-state index contributed by atoms with van der Waals surface area (Å²) in [5.74, 6) is 0.566.